The van der Waals surface area contributed by atoms with Crippen LogP contribution >= 0.6 is 15.9 Å². The summed E-state index contributed by atoms with van der Waals surface area (Å²) in [5.74, 6) is -1.54. The predicted molar refractivity (Wildman–Crippen MR) is 127 cm³/mol. The number of amides is 1. The lowest BCUT2D eigenvalue weighted by molar-refractivity contribution is -0.133. The van der Waals surface area contributed by atoms with E-state index in [4.69, 9.17) is 0 Å². The van der Waals surface area contributed by atoms with Crippen LogP contribution in [0.2, 0.25) is 6.32 Å². The van der Waals surface area contributed by atoms with Crippen LogP contribution in [0.5, 0.6) is 0 Å². The van der Waals surface area contributed by atoms with Crippen LogP contribution in [0.25, 0.3) is 0 Å². The highest BCUT2D eigenvalue weighted by molar-refractivity contribution is 9.09. The Morgan fingerprint density at radius 3 is 2.31 bits per heavy atom. The topological polar surface area (TPSA) is 78.8 Å². The minimum absolute atomic E-state index is 0.00910. The van der Waals surface area contributed by atoms with E-state index in [0.29, 0.717) is 30.3 Å². The fourth-order valence-corrected chi connectivity index (χ4v) is 3.60. The van der Waals surface area contributed by atoms with Gasteiger partial charge in [0.05, 0.1) is 5.57 Å². The molecule has 1 aliphatic rings. The van der Waals surface area contributed by atoms with Gasteiger partial charge in [-0.25, -0.2) is 9.79 Å². The minimum Gasteiger partial charge on any atom is -0.478 e. The van der Waals surface area contributed by atoms with Gasteiger partial charge in [-0.05, 0) is 48.6 Å². The molecule has 0 aromatic rings. The van der Waals surface area contributed by atoms with Crippen molar-refractivity contribution in [3.8, 4) is 0 Å². The number of aliphatic imine (C=N–C) groups is 1. The maximum Gasteiger partial charge on any atom is 0.333 e. The summed E-state index contributed by atoms with van der Waals surface area (Å²) < 4.78 is 0. The van der Waals surface area contributed by atoms with Crippen LogP contribution in [-0.2, 0) is 9.59 Å². The number of carbonyl (C=O) groups is 2. The summed E-state index contributed by atoms with van der Waals surface area (Å²) in [6.45, 7) is 12.7. The van der Waals surface area contributed by atoms with Crippen molar-refractivity contribution in [3.05, 3.63) is 34.6 Å². The van der Waals surface area contributed by atoms with Gasteiger partial charge in [0, 0.05) is 17.6 Å². The molecule has 0 aliphatic heterocycles. The second-order valence-electron chi connectivity index (χ2n) is 8.40. The summed E-state index contributed by atoms with van der Waals surface area (Å²) in [6, 6.07) is 0. The molecular weight excluding hydrogens is 431 g/mol. The van der Waals surface area contributed by atoms with Crippen LogP contribution in [0.1, 0.15) is 59.8 Å². The second kappa shape index (κ2) is 11.5. The van der Waals surface area contributed by atoms with E-state index < -0.39 is 11.9 Å². The molecular formula is C22H34BBrN2O3. The van der Waals surface area contributed by atoms with Gasteiger partial charge in [0.1, 0.15) is 13.5 Å². The molecule has 0 heterocycles. The number of carbonyl (C=O) groups excluding carboxylic acids is 1. The number of nitrogens with zero attached hydrogens (tertiary/aromatic N) is 1. The van der Waals surface area contributed by atoms with Crippen LogP contribution in [0.3, 0.4) is 0 Å². The molecule has 5 nitrogen and oxygen atoms in total. The molecule has 0 atom stereocenters. The Labute approximate surface area is 184 Å². The van der Waals surface area contributed by atoms with Crippen molar-refractivity contribution in [2.24, 2.45) is 10.4 Å². The Hall–Kier alpha value is -1.63. The van der Waals surface area contributed by atoms with Gasteiger partial charge in [0.2, 0.25) is 0 Å². The van der Waals surface area contributed by atoms with Gasteiger partial charge in [-0.3, -0.25) is 4.79 Å². The van der Waals surface area contributed by atoms with Crippen molar-refractivity contribution < 1.29 is 14.7 Å². The molecule has 0 unspecified atom stereocenters. The molecule has 7 heteroatoms. The van der Waals surface area contributed by atoms with Gasteiger partial charge in [-0.1, -0.05) is 62.2 Å². The van der Waals surface area contributed by atoms with Crippen molar-refractivity contribution in [1.29, 1.82) is 0 Å². The van der Waals surface area contributed by atoms with Crippen molar-refractivity contribution in [2.45, 2.75) is 66.1 Å². The Bertz CT molecular complexity index is 740. The first kappa shape index (κ1) is 25.4. The Balaban J connectivity index is 3.30. The number of hydrogen-bond acceptors (Lipinski definition) is 3. The highest BCUT2D eigenvalue weighted by Crippen LogP contribution is 2.37. The molecule has 160 valence electrons. The van der Waals surface area contributed by atoms with Crippen molar-refractivity contribution in [2.75, 3.05) is 11.9 Å². The average Bonchev–Trinajstić information content (AvgIpc) is 2.61. The van der Waals surface area contributed by atoms with E-state index in [1.807, 2.05) is 14.8 Å². The van der Waals surface area contributed by atoms with E-state index in [-0.39, 0.29) is 23.1 Å². The first-order valence-corrected chi connectivity index (χ1v) is 11.5. The van der Waals surface area contributed by atoms with E-state index in [2.05, 4.69) is 53.6 Å². The number of allylic oxidation sites excluding steroid dienone is 2. The highest BCUT2D eigenvalue weighted by atomic mass is 79.9. The summed E-state index contributed by atoms with van der Waals surface area (Å²) >= 11 is 3.36. The largest absolute Gasteiger partial charge is 0.478 e. The fraction of sp³-hybridized carbons (Fsp3) is 0.591. The van der Waals surface area contributed by atoms with Gasteiger partial charge in [-0.15, -0.1) is 0 Å². The Kier molecular flexibility index (Phi) is 10.1. The summed E-state index contributed by atoms with van der Waals surface area (Å²) in [6.07, 6.45) is 4.80. The zero-order valence-electron chi connectivity index (χ0n) is 18.5. The van der Waals surface area contributed by atoms with Crippen LogP contribution in [0, 0.1) is 5.41 Å². The number of carboxylic acid groups (broad SMARTS) is 1. The maximum atomic E-state index is 13.1. The molecule has 1 saturated carbocycles. The quantitative estimate of drug-likeness (QED) is 0.167. The first-order valence-electron chi connectivity index (χ1n) is 10.3. The Morgan fingerprint density at radius 2 is 1.93 bits per heavy atom. The molecule has 0 spiro atoms. The number of nitrogens with one attached hydrogen (secondary N) is 1. The summed E-state index contributed by atoms with van der Waals surface area (Å²) in [5, 5.41) is 13.2. The van der Waals surface area contributed by atoms with Gasteiger partial charge < -0.3 is 10.4 Å². The third-order valence-electron chi connectivity index (χ3n) is 5.13. The van der Waals surface area contributed by atoms with Crippen LogP contribution in [0.4, 0.5) is 0 Å². The molecule has 2 N–H and O–H groups in total. The molecule has 1 amide bonds. The van der Waals surface area contributed by atoms with Crippen molar-refractivity contribution >= 4 is 41.4 Å². The molecule has 1 aliphatic carbocycles. The van der Waals surface area contributed by atoms with E-state index in [1.165, 1.54) is 17.6 Å². The number of rotatable bonds is 10. The monoisotopic (exact) mass is 464 g/mol. The van der Waals surface area contributed by atoms with E-state index in [9.17, 15) is 14.7 Å². The average molecular weight is 465 g/mol. The predicted octanol–water partition coefficient (Wildman–Crippen LogP) is 4.21. The normalized spacial score (nSPS) is 15.3. The second-order valence-corrected chi connectivity index (χ2v) is 8.96. The lowest BCUT2D eigenvalue weighted by Gasteiger charge is -2.31. The molecule has 0 saturated heterocycles. The summed E-state index contributed by atoms with van der Waals surface area (Å²) in [7, 11) is 1.92. The molecule has 1 fully saturated rings. The first-order chi connectivity index (χ1) is 13.6. The molecule has 1 rings (SSSR count). The summed E-state index contributed by atoms with van der Waals surface area (Å²) in [5.41, 5.74) is 4.00. The molecule has 0 radical (unpaired) electrons. The molecule has 29 heavy (non-hydrogen) atoms. The van der Waals surface area contributed by atoms with E-state index in [0.717, 1.165) is 18.4 Å². The smallest absolute Gasteiger partial charge is 0.333 e. The molecule has 0 aromatic heterocycles. The minimum atomic E-state index is -1.10. The van der Waals surface area contributed by atoms with Crippen LogP contribution < -0.4 is 5.32 Å². The van der Waals surface area contributed by atoms with Gasteiger partial charge in [-0.2, -0.15) is 0 Å². The zero-order chi connectivity index (χ0) is 22.2. The van der Waals surface area contributed by atoms with Crippen molar-refractivity contribution in [3.63, 3.8) is 0 Å². The van der Waals surface area contributed by atoms with Crippen LogP contribution in [-0.4, -0.2) is 42.4 Å². The maximum absolute atomic E-state index is 13.1. The van der Waals surface area contributed by atoms with Gasteiger partial charge in [0.15, 0.2) is 0 Å². The van der Waals surface area contributed by atoms with E-state index >= 15 is 0 Å². The zero-order valence-corrected chi connectivity index (χ0v) is 20.0. The SMILES string of the molecule is BC/C(=N/C(C(=O)NCC(=C1CCC1)C(C)(C)C)=C(\CCC)C(=O)O)C(=C)CBr. The standard InChI is InChI=1S/C22H34BBrN2O3/c1-6-8-16(21(28)29)19(26-18(11-23)14(2)12-24)20(27)25-13-17(22(3,4)5)15-9-7-10-15/h2,6-13,23H2,1,3-5H3,(H,25,27)(H,28,29)/b19-16+,26-18-. The number of alkyl halides is 1. The molecule has 0 bridgehead atoms. The fourth-order valence-electron chi connectivity index (χ4n) is 3.28. The lowest BCUT2D eigenvalue weighted by Crippen LogP contribution is -2.33. The highest BCUT2D eigenvalue weighted by Gasteiger charge is 2.26. The van der Waals surface area contributed by atoms with E-state index in [1.54, 1.807) is 0 Å². The number of hydrogen-bond donors (Lipinski definition) is 2. The Morgan fingerprint density at radius 1 is 1.31 bits per heavy atom. The third kappa shape index (κ3) is 7.29. The number of carboxylic acids is 1. The lowest BCUT2D eigenvalue weighted by atomic mass is 9.76. The number of aliphatic carboxylic acids is 1. The summed E-state index contributed by atoms with van der Waals surface area (Å²) in [4.78, 5) is 29.4. The number of halogens is 1. The van der Waals surface area contributed by atoms with Gasteiger partial charge in [0.25, 0.3) is 5.91 Å². The van der Waals surface area contributed by atoms with Crippen LogP contribution in [0.15, 0.2) is 39.6 Å². The van der Waals surface area contributed by atoms with Crippen molar-refractivity contribution in [1.82, 2.24) is 5.32 Å². The third-order valence-corrected chi connectivity index (χ3v) is 5.80. The van der Waals surface area contributed by atoms with Gasteiger partial charge >= 0.3 is 5.97 Å². The molecule has 0 aromatic carbocycles.